The first-order valence-corrected chi connectivity index (χ1v) is 17.3. The number of nitrogens with zero attached hydrogens (tertiary/aromatic N) is 4. The Hall–Kier alpha value is -3.92. The molecule has 10 heteroatoms. The van der Waals surface area contributed by atoms with Gasteiger partial charge in [-0.1, -0.05) is 61.8 Å². The first kappa shape index (κ1) is 40.3. The second-order valence-electron chi connectivity index (χ2n) is 12.2. The zero-order chi connectivity index (χ0) is 36.2. The zero-order valence-corrected chi connectivity index (χ0v) is 30.9. The molecule has 2 aromatic rings. The number of amidine groups is 1. The second kappa shape index (κ2) is 18.6. The lowest BCUT2D eigenvalue weighted by atomic mass is 9.95. The number of carbonyl (C=O) groups excluding carboxylic acids is 1. The number of hydrogen-bond donors (Lipinski definition) is 1. The molecule has 0 radical (unpaired) electrons. The normalized spacial score (nSPS) is 18.4. The van der Waals surface area contributed by atoms with Crippen molar-refractivity contribution in [1.82, 2.24) is 14.5 Å². The lowest BCUT2D eigenvalue weighted by molar-refractivity contribution is -0.160. The first-order chi connectivity index (χ1) is 22.6. The zero-order valence-electron chi connectivity index (χ0n) is 30.1. The van der Waals surface area contributed by atoms with Gasteiger partial charge in [-0.2, -0.15) is 13.2 Å². The molecule has 2 N–H and O–H groups in total. The summed E-state index contributed by atoms with van der Waals surface area (Å²) in [6.07, 6.45) is 13.2. The van der Waals surface area contributed by atoms with E-state index in [0.717, 1.165) is 22.1 Å². The van der Waals surface area contributed by atoms with Crippen LogP contribution in [-0.4, -0.2) is 38.9 Å². The van der Waals surface area contributed by atoms with E-state index in [4.69, 9.17) is 5.73 Å². The molecule has 2 aromatic heterocycles. The van der Waals surface area contributed by atoms with Crippen LogP contribution in [0.2, 0.25) is 0 Å². The molecule has 48 heavy (non-hydrogen) atoms. The van der Waals surface area contributed by atoms with Gasteiger partial charge in [0, 0.05) is 46.3 Å². The van der Waals surface area contributed by atoms with Crippen LogP contribution in [0.4, 0.5) is 13.2 Å². The third kappa shape index (κ3) is 11.1. The molecule has 0 saturated heterocycles. The number of aryl methyl sites for hydroxylation is 1. The van der Waals surface area contributed by atoms with Crippen LogP contribution in [-0.2, 0) is 11.2 Å². The molecule has 4 rings (SSSR count). The quantitative estimate of drug-likeness (QED) is 0.143. The van der Waals surface area contributed by atoms with Crippen LogP contribution < -0.4 is 5.73 Å². The molecule has 2 unspecified atom stereocenters. The molecule has 1 aliphatic heterocycles. The topological polar surface area (TPSA) is 76.5 Å². The summed E-state index contributed by atoms with van der Waals surface area (Å²) < 4.78 is 42.6. The minimum atomic E-state index is -4.40. The van der Waals surface area contributed by atoms with E-state index < -0.39 is 12.1 Å². The highest BCUT2D eigenvalue weighted by Crippen LogP contribution is 2.39. The molecule has 1 aliphatic carbocycles. The fourth-order valence-corrected chi connectivity index (χ4v) is 6.09. The van der Waals surface area contributed by atoms with E-state index in [1.807, 2.05) is 43.2 Å². The number of thiophene rings is 1. The summed E-state index contributed by atoms with van der Waals surface area (Å²) in [6.45, 7) is 20.6. The van der Waals surface area contributed by atoms with Crippen LogP contribution in [0.5, 0.6) is 0 Å². The van der Waals surface area contributed by atoms with Gasteiger partial charge in [-0.15, -0.1) is 11.3 Å². The Morgan fingerprint density at radius 2 is 1.83 bits per heavy atom. The fraction of sp³-hybridized carbons (Fsp3) is 0.447. The van der Waals surface area contributed by atoms with Gasteiger partial charge in [-0.25, -0.2) is 9.98 Å². The average Bonchev–Trinajstić information content (AvgIpc) is 3.68. The second-order valence-corrected chi connectivity index (χ2v) is 13.1. The molecule has 262 valence electrons. The summed E-state index contributed by atoms with van der Waals surface area (Å²) in [7, 11) is 0. The Balaban J connectivity index is 0.000000523. The Bertz CT molecular complexity index is 1610. The first-order valence-electron chi connectivity index (χ1n) is 16.4. The Kier molecular flexibility index (Phi) is 15.6. The van der Waals surface area contributed by atoms with Crippen LogP contribution in [0.15, 0.2) is 87.8 Å². The highest BCUT2D eigenvalue weighted by Gasteiger charge is 2.40. The molecule has 1 amide bonds. The van der Waals surface area contributed by atoms with E-state index in [9.17, 15) is 18.0 Å². The summed E-state index contributed by atoms with van der Waals surface area (Å²) in [5.41, 5.74) is 12.8. The third-order valence-electron chi connectivity index (χ3n) is 7.95. The predicted octanol–water partition coefficient (Wildman–Crippen LogP) is 10.3. The van der Waals surface area contributed by atoms with E-state index in [2.05, 4.69) is 56.7 Å². The molecule has 0 saturated carbocycles. The van der Waals surface area contributed by atoms with Crippen molar-refractivity contribution in [1.29, 1.82) is 0 Å². The van der Waals surface area contributed by atoms with E-state index in [1.165, 1.54) is 35.2 Å². The molecule has 0 aromatic carbocycles. The number of carbonyl (C=O) groups is 1. The summed E-state index contributed by atoms with van der Waals surface area (Å²) in [5, 5.41) is 1.88. The number of hydrogen-bond acceptors (Lipinski definition) is 4. The maximum atomic E-state index is 13.7. The smallest absolute Gasteiger partial charge is 0.383 e. The molecular weight excluding hydrogens is 632 g/mol. The van der Waals surface area contributed by atoms with Crippen LogP contribution in [0.25, 0.3) is 5.70 Å². The largest absolute Gasteiger partial charge is 0.395 e. The van der Waals surface area contributed by atoms with Crippen molar-refractivity contribution in [2.75, 3.05) is 6.54 Å². The Labute approximate surface area is 289 Å². The van der Waals surface area contributed by atoms with Gasteiger partial charge in [0.05, 0.1) is 29.7 Å². The van der Waals surface area contributed by atoms with Crippen molar-refractivity contribution in [3.63, 3.8) is 0 Å². The van der Waals surface area contributed by atoms with Crippen molar-refractivity contribution >= 4 is 28.8 Å². The SMILES string of the molecule is C/C=C(\C)C(=O)N1CCc2c(C(N)=NC3=CC(C(F)(F)F)CC(n4cnc(C)c4)=C3)csc2C1C.C/C=C\C=C/C(C)=C(C)C.CCC. The summed E-state index contributed by atoms with van der Waals surface area (Å²) >= 11 is 1.49. The highest BCUT2D eigenvalue weighted by atomic mass is 32.1. The number of rotatable bonds is 6. The minimum absolute atomic E-state index is 0.000183. The van der Waals surface area contributed by atoms with Gasteiger partial charge in [0.1, 0.15) is 5.84 Å². The lowest BCUT2D eigenvalue weighted by Gasteiger charge is -2.34. The summed E-state index contributed by atoms with van der Waals surface area (Å²) in [6, 6.07) is -0.118. The molecule has 6 nitrogen and oxygen atoms in total. The number of allylic oxidation sites excluding steroid dienone is 10. The Morgan fingerprint density at radius 3 is 2.38 bits per heavy atom. The lowest BCUT2D eigenvalue weighted by Crippen LogP contribution is -2.39. The van der Waals surface area contributed by atoms with Gasteiger partial charge in [0.2, 0.25) is 5.91 Å². The van der Waals surface area contributed by atoms with Crippen molar-refractivity contribution in [2.24, 2.45) is 16.6 Å². The van der Waals surface area contributed by atoms with Gasteiger partial charge in [-0.05, 0) is 79.5 Å². The van der Waals surface area contributed by atoms with Crippen LogP contribution in [0, 0.1) is 12.8 Å². The average molecular weight is 684 g/mol. The summed E-state index contributed by atoms with van der Waals surface area (Å²) in [5.74, 6) is -1.49. The van der Waals surface area contributed by atoms with Gasteiger partial charge >= 0.3 is 6.18 Å². The molecule has 0 bridgehead atoms. The Morgan fingerprint density at radius 1 is 1.17 bits per heavy atom. The number of amides is 1. The molecular formula is C38H52F3N5OS. The standard InChI is InChI=1S/C25H28F3N5OS.C10H16.C3H8/c1-5-14(2)24(34)33-7-6-20-21(12-35-22(20)16(33)4)23(29)31-18-8-17(25(26,27)28)9-19(10-18)32-11-15(3)30-13-32;1-5-6-7-8-10(4)9(2)3;1-3-2/h5,8,10-13,16-17H,6-7,9H2,1-4H3,(H2,29,31);5-8H,1-4H3;3H2,1-2H3/b14-5+;6-5-,8-7-;. The summed E-state index contributed by atoms with van der Waals surface area (Å²) in [4.78, 5) is 24.1. The van der Waals surface area contributed by atoms with E-state index >= 15 is 0 Å². The number of aliphatic imine (C=N–C) groups is 1. The maximum absolute atomic E-state index is 13.7. The van der Waals surface area contributed by atoms with Crippen LogP contribution in [0.3, 0.4) is 0 Å². The number of fused-ring (bicyclic) bond motifs is 1. The molecule has 3 heterocycles. The van der Waals surface area contributed by atoms with E-state index in [0.29, 0.717) is 29.9 Å². The van der Waals surface area contributed by atoms with Crippen LogP contribution in [0.1, 0.15) is 103 Å². The number of aromatic nitrogens is 2. The van der Waals surface area contributed by atoms with Crippen molar-refractivity contribution < 1.29 is 18.0 Å². The molecule has 2 atom stereocenters. The predicted molar refractivity (Wildman–Crippen MR) is 196 cm³/mol. The third-order valence-corrected chi connectivity index (χ3v) is 9.15. The van der Waals surface area contributed by atoms with Crippen LogP contribution >= 0.6 is 11.3 Å². The van der Waals surface area contributed by atoms with E-state index in [-0.39, 0.29) is 29.9 Å². The van der Waals surface area contributed by atoms with Crippen molar-refractivity contribution in [3.05, 3.63) is 105 Å². The molecule has 0 fully saturated rings. The number of imidazole rings is 1. The van der Waals surface area contributed by atoms with Gasteiger partial charge < -0.3 is 15.2 Å². The number of alkyl halides is 3. The van der Waals surface area contributed by atoms with Gasteiger partial charge in [-0.3, -0.25) is 4.79 Å². The maximum Gasteiger partial charge on any atom is 0.395 e. The molecule has 2 aliphatic rings. The van der Waals surface area contributed by atoms with Gasteiger partial charge in [0.25, 0.3) is 0 Å². The molecule has 0 spiro atoms. The number of nitrogens with two attached hydrogens (primary N) is 1. The van der Waals surface area contributed by atoms with E-state index in [1.54, 1.807) is 36.8 Å². The van der Waals surface area contributed by atoms with Crippen molar-refractivity contribution in [3.8, 4) is 0 Å². The number of halogens is 3. The monoisotopic (exact) mass is 683 g/mol. The fourth-order valence-electron chi connectivity index (χ4n) is 4.90. The van der Waals surface area contributed by atoms with Crippen molar-refractivity contribution in [2.45, 2.75) is 101 Å². The minimum Gasteiger partial charge on any atom is -0.383 e. The highest BCUT2D eigenvalue weighted by molar-refractivity contribution is 7.10. The van der Waals surface area contributed by atoms with Gasteiger partial charge in [0.15, 0.2) is 0 Å².